The fourth-order valence-electron chi connectivity index (χ4n) is 2.56. The first kappa shape index (κ1) is 20.6. The third-order valence-corrected chi connectivity index (χ3v) is 5.44. The lowest BCUT2D eigenvalue weighted by Gasteiger charge is -2.34. The van der Waals surface area contributed by atoms with Gasteiger partial charge in [-0.3, -0.25) is 4.99 Å². The van der Waals surface area contributed by atoms with Crippen LogP contribution in [0.5, 0.6) is 0 Å². The van der Waals surface area contributed by atoms with Gasteiger partial charge in [0.05, 0.1) is 6.54 Å². The summed E-state index contributed by atoms with van der Waals surface area (Å²) in [5.74, 6) is 0.912. The van der Waals surface area contributed by atoms with Gasteiger partial charge in [-0.1, -0.05) is 0 Å². The van der Waals surface area contributed by atoms with Crippen molar-refractivity contribution in [3.63, 3.8) is 0 Å². The fourth-order valence-corrected chi connectivity index (χ4v) is 3.33. The zero-order valence-corrected chi connectivity index (χ0v) is 17.2. The number of thioether (sulfide) groups is 1. The summed E-state index contributed by atoms with van der Waals surface area (Å²) in [5, 5.41) is 6.75. The second-order valence-corrected chi connectivity index (χ2v) is 6.82. The summed E-state index contributed by atoms with van der Waals surface area (Å²) in [4.78, 5) is 4.81. The standard InChI is InChI=1S/C16H28N4OS.HI/c1-3-17-15(18-8-11-20-9-4-5-10-20)19-14-16(22-2)6-12-21-13-7-16;/h4-5,9-10H,3,6-8,11-14H2,1-2H3,(H2,17,18,19);1H. The highest BCUT2D eigenvalue weighted by Crippen LogP contribution is 2.33. The van der Waals surface area contributed by atoms with Gasteiger partial charge in [-0.2, -0.15) is 11.8 Å². The molecule has 1 aliphatic heterocycles. The average Bonchev–Trinajstić information content (AvgIpc) is 3.07. The van der Waals surface area contributed by atoms with Crippen molar-refractivity contribution in [2.24, 2.45) is 4.99 Å². The molecule has 0 amide bonds. The Balaban J connectivity index is 0.00000264. The first-order valence-electron chi connectivity index (χ1n) is 8.04. The maximum absolute atomic E-state index is 5.49. The molecule has 0 spiro atoms. The van der Waals surface area contributed by atoms with Crippen molar-refractivity contribution in [3.8, 4) is 0 Å². The molecule has 1 aromatic heterocycles. The number of guanidine groups is 1. The van der Waals surface area contributed by atoms with Gasteiger partial charge in [0.25, 0.3) is 0 Å². The third-order valence-electron chi connectivity index (χ3n) is 4.04. The molecule has 0 bridgehead atoms. The van der Waals surface area contributed by atoms with E-state index in [1.807, 2.05) is 23.9 Å². The van der Waals surface area contributed by atoms with Gasteiger partial charge >= 0.3 is 0 Å². The number of halogens is 1. The zero-order chi connectivity index (χ0) is 15.7. The Morgan fingerprint density at radius 1 is 1.26 bits per heavy atom. The van der Waals surface area contributed by atoms with Gasteiger partial charge in [0, 0.05) is 50.0 Å². The highest BCUT2D eigenvalue weighted by Gasteiger charge is 2.31. The van der Waals surface area contributed by atoms with Gasteiger partial charge in [-0.05, 0) is 38.2 Å². The first-order valence-corrected chi connectivity index (χ1v) is 9.26. The van der Waals surface area contributed by atoms with Crippen LogP contribution in [0.2, 0.25) is 0 Å². The summed E-state index contributed by atoms with van der Waals surface area (Å²) < 4.78 is 7.89. The molecule has 132 valence electrons. The highest BCUT2D eigenvalue weighted by molar-refractivity contribution is 14.0. The quantitative estimate of drug-likeness (QED) is 0.380. The minimum atomic E-state index is 0. The van der Waals surface area contributed by atoms with Gasteiger partial charge in [-0.25, -0.2) is 0 Å². The second kappa shape index (κ2) is 11.2. The minimum Gasteiger partial charge on any atom is -0.381 e. The second-order valence-electron chi connectivity index (χ2n) is 5.54. The van der Waals surface area contributed by atoms with E-state index >= 15 is 0 Å². The van der Waals surface area contributed by atoms with Crippen molar-refractivity contribution in [1.82, 2.24) is 15.2 Å². The molecule has 7 heteroatoms. The van der Waals surface area contributed by atoms with Crippen LogP contribution in [0.15, 0.2) is 29.5 Å². The molecule has 5 nitrogen and oxygen atoms in total. The van der Waals surface area contributed by atoms with Gasteiger partial charge in [0.1, 0.15) is 0 Å². The number of nitrogens with zero attached hydrogens (tertiary/aromatic N) is 2. The van der Waals surface area contributed by atoms with E-state index in [2.05, 4.69) is 40.8 Å². The van der Waals surface area contributed by atoms with Crippen molar-refractivity contribution in [2.45, 2.75) is 31.1 Å². The summed E-state index contributed by atoms with van der Waals surface area (Å²) in [6.45, 7) is 7.35. The monoisotopic (exact) mass is 452 g/mol. The predicted molar refractivity (Wildman–Crippen MR) is 110 cm³/mol. The molecule has 0 atom stereocenters. The molecule has 1 aliphatic rings. The molecule has 0 saturated carbocycles. The Hall–Kier alpha value is -0.410. The van der Waals surface area contributed by atoms with Crippen molar-refractivity contribution in [1.29, 1.82) is 0 Å². The molecule has 2 heterocycles. The Kier molecular flexibility index (Phi) is 10.0. The van der Waals surface area contributed by atoms with Crippen LogP contribution < -0.4 is 10.6 Å². The largest absolute Gasteiger partial charge is 0.381 e. The molecule has 0 aliphatic carbocycles. The van der Waals surface area contributed by atoms with E-state index in [1.165, 1.54) is 0 Å². The molecule has 1 fully saturated rings. The van der Waals surface area contributed by atoms with Crippen LogP contribution in [0.25, 0.3) is 0 Å². The molecule has 1 saturated heterocycles. The minimum absolute atomic E-state index is 0. The number of rotatable bonds is 7. The lowest BCUT2D eigenvalue weighted by molar-refractivity contribution is 0.0794. The van der Waals surface area contributed by atoms with E-state index in [1.54, 1.807) is 0 Å². The smallest absolute Gasteiger partial charge is 0.191 e. The summed E-state index contributed by atoms with van der Waals surface area (Å²) in [5.41, 5.74) is 0. The number of ether oxygens (including phenoxy) is 1. The SMILES string of the molecule is CCNC(=NCC1(SC)CCOCC1)NCCn1cccc1.I. The van der Waals surface area contributed by atoms with Crippen molar-refractivity contribution < 1.29 is 4.74 Å². The lowest BCUT2D eigenvalue weighted by Crippen LogP contribution is -2.41. The van der Waals surface area contributed by atoms with E-state index < -0.39 is 0 Å². The van der Waals surface area contributed by atoms with E-state index in [9.17, 15) is 0 Å². The van der Waals surface area contributed by atoms with Gasteiger partial charge in [0.15, 0.2) is 5.96 Å². The van der Waals surface area contributed by atoms with Crippen LogP contribution in [0.3, 0.4) is 0 Å². The third kappa shape index (κ3) is 6.93. The van der Waals surface area contributed by atoms with E-state index in [0.29, 0.717) is 0 Å². The summed E-state index contributed by atoms with van der Waals surface area (Å²) in [6.07, 6.45) is 8.51. The topological polar surface area (TPSA) is 50.6 Å². The van der Waals surface area contributed by atoms with Crippen molar-refractivity contribution >= 4 is 41.7 Å². The maximum atomic E-state index is 5.49. The first-order chi connectivity index (χ1) is 10.8. The molecule has 0 radical (unpaired) electrons. The Morgan fingerprint density at radius 3 is 2.57 bits per heavy atom. The van der Waals surface area contributed by atoms with Crippen molar-refractivity contribution in [2.75, 3.05) is 39.1 Å². The van der Waals surface area contributed by atoms with Crippen LogP contribution in [-0.2, 0) is 11.3 Å². The maximum Gasteiger partial charge on any atom is 0.191 e. The lowest BCUT2D eigenvalue weighted by atomic mass is 9.99. The molecule has 2 N–H and O–H groups in total. The van der Waals surface area contributed by atoms with Crippen LogP contribution in [-0.4, -0.2) is 54.4 Å². The highest BCUT2D eigenvalue weighted by atomic mass is 127. The molecule has 2 rings (SSSR count). The Bertz CT molecular complexity index is 447. The summed E-state index contributed by atoms with van der Waals surface area (Å²) >= 11 is 1.93. The van der Waals surface area contributed by atoms with Gasteiger partial charge < -0.3 is 19.9 Å². The van der Waals surface area contributed by atoms with Crippen LogP contribution >= 0.6 is 35.7 Å². The molecular weight excluding hydrogens is 423 g/mol. The molecular formula is C16H29IN4OS. The van der Waals surface area contributed by atoms with E-state index in [0.717, 1.165) is 58.2 Å². The Labute approximate surface area is 161 Å². The summed E-state index contributed by atoms with van der Waals surface area (Å²) in [6, 6.07) is 4.10. The molecule has 0 unspecified atom stereocenters. The fraction of sp³-hybridized carbons (Fsp3) is 0.688. The van der Waals surface area contributed by atoms with Crippen LogP contribution in [0.1, 0.15) is 19.8 Å². The predicted octanol–water partition coefficient (Wildman–Crippen LogP) is 2.57. The number of hydrogen-bond donors (Lipinski definition) is 2. The average molecular weight is 452 g/mol. The molecule has 1 aromatic rings. The van der Waals surface area contributed by atoms with Crippen molar-refractivity contribution in [3.05, 3.63) is 24.5 Å². The summed E-state index contributed by atoms with van der Waals surface area (Å²) in [7, 11) is 0. The van der Waals surface area contributed by atoms with Crippen LogP contribution in [0, 0.1) is 0 Å². The number of aliphatic imine (C=N–C) groups is 1. The van der Waals surface area contributed by atoms with Crippen LogP contribution in [0.4, 0.5) is 0 Å². The normalized spacial score (nSPS) is 17.4. The molecule has 0 aromatic carbocycles. The number of nitrogens with one attached hydrogen (secondary N) is 2. The van der Waals surface area contributed by atoms with Gasteiger partial charge in [0.2, 0.25) is 0 Å². The Morgan fingerprint density at radius 2 is 1.96 bits per heavy atom. The number of aromatic nitrogens is 1. The molecule has 23 heavy (non-hydrogen) atoms. The van der Waals surface area contributed by atoms with Gasteiger partial charge in [-0.15, -0.1) is 24.0 Å². The zero-order valence-electron chi connectivity index (χ0n) is 14.1. The van der Waals surface area contributed by atoms with E-state index in [4.69, 9.17) is 9.73 Å². The number of hydrogen-bond acceptors (Lipinski definition) is 3. The van der Waals surface area contributed by atoms with E-state index in [-0.39, 0.29) is 28.7 Å².